The number of nitrogen functional groups attached to an aromatic ring is 1. The number of anilines is 2. The highest BCUT2D eigenvalue weighted by molar-refractivity contribution is 6.10. The summed E-state index contributed by atoms with van der Waals surface area (Å²) < 4.78 is 0. The fraction of sp³-hybridized carbons (Fsp3) is 0.167. The maximum atomic E-state index is 13.2. The minimum Gasteiger partial charge on any atom is -0.399 e. The number of benzene rings is 3. The van der Waals surface area contributed by atoms with E-state index < -0.39 is 11.5 Å². The van der Waals surface area contributed by atoms with Crippen LogP contribution in [-0.4, -0.2) is 23.3 Å². The maximum Gasteiger partial charge on any atom is 0.264 e. The van der Waals surface area contributed by atoms with Crippen molar-refractivity contribution in [1.82, 2.24) is 0 Å². The van der Waals surface area contributed by atoms with Crippen LogP contribution >= 0.6 is 0 Å². The average Bonchev–Trinajstić information content (AvgIpc) is 2.94. The first-order valence-electron chi connectivity index (χ1n) is 9.55. The van der Waals surface area contributed by atoms with Gasteiger partial charge in [0.2, 0.25) is 0 Å². The van der Waals surface area contributed by atoms with Crippen molar-refractivity contribution in [2.75, 3.05) is 17.2 Å². The first kappa shape index (κ1) is 18.9. The number of hydrogen-bond donors (Lipinski definition) is 2. The van der Waals surface area contributed by atoms with Crippen molar-refractivity contribution < 1.29 is 14.7 Å². The number of Topliss-reactive ketones (excluding diaryl/α,β-unsaturated/α-hetero) is 1. The summed E-state index contributed by atoms with van der Waals surface area (Å²) in [6.07, 6.45) is 0.328. The van der Waals surface area contributed by atoms with E-state index >= 15 is 0 Å². The van der Waals surface area contributed by atoms with Gasteiger partial charge in [-0.1, -0.05) is 60.7 Å². The van der Waals surface area contributed by atoms with Crippen LogP contribution in [0.5, 0.6) is 0 Å². The van der Waals surface area contributed by atoms with E-state index in [0.717, 1.165) is 5.56 Å². The van der Waals surface area contributed by atoms with Gasteiger partial charge in [0, 0.05) is 23.4 Å². The molecule has 5 heteroatoms. The summed E-state index contributed by atoms with van der Waals surface area (Å²) in [6, 6.07) is 23.5. The van der Waals surface area contributed by atoms with E-state index in [9.17, 15) is 14.7 Å². The van der Waals surface area contributed by atoms with Crippen molar-refractivity contribution in [3.8, 4) is 0 Å². The number of nitrogens with two attached hydrogens (primary N) is 1. The molecule has 1 aliphatic rings. The summed E-state index contributed by atoms with van der Waals surface area (Å²) in [5.74, 6) is -0.792. The average molecular weight is 386 g/mol. The molecule has 1 atom stereocenters. The van der Waals surface area contributed by atoms with E-state index in [1.54, 1.807) is 47.4 Å². The lowest BCUT2D eigenvalue weighted by atomic mass is 9.88. The van der Waals surface area contributed by atoms with Gasteiger partial charge < -0.3 is 15.7 Å². The molecule has 0 spiro atoms. The first-order valence-corrected chi connectivity index (χ1v) is 9.55. The molecular weight excluding hydrogens is 364 g/mol. The third kappa shape index (κ3) is 3.52. The molecule has 0 aliphatic carbocycles. The molecule has 0 saturated carbocycles. The van der Waals surface area contributed by atoms with Crippen LogP contribution in [0.15, 0.2) is 78.9 Å². The molecule has 0 fully saturated rings. The van der Waals surface area contributed by atoms with Gasteiger partial charge in [-0.15, -0.1) is 0 Å². The molecule has 1 aliphatic heterocycles. The Morgan fingerprint density at radius 2 is 1.69 bits per heavy atom. The van der Waals surface area contributed by atoms with Gasteiger partial charge in [-0.2, -0.15) is 0 Å². The SMILES string of the molecule is Nc1cccc(C(=O)C[C@]2(O)C(=O)N(CCc3ccccc3)c3ccccc32)c1. The third-order valence-corrected chi connectivity index (χ3v) is 5.33. The molecule has 0 aromatic heterocycles. The summed E-state index contributed by atoms with van der Waals surface area (Å²) in [5.41, 5.74) is 6.95. The molecule has 0 bridgehead atoms. The molecule has 3 aromatic rings. The molecule has 29 heavy (non-hydrogen) atoms. The second-order valence-electron chi connectivity index (χ2n) is 7.30. The molecular formula is C24H22N2O3. The van der Waals surface area contributed by atoms with Crippen LogP contribution in [0, 0.1) is 0 Å². The molecule has 4 rings (SSSR count). The summed E-state index contributed by atoms with van der Waals surface area (Å²) in [5, 5.41) is 11.3. The minimum atomic E-state index is -1.88. The van der Waals surface area contributed by atoms with Crippen molar-refractivity contribution in [3.05, 3.63) is 95.6 Å². The number of rotatable bonds is 6. The molecule has 3 aromatic carbocycles. The second kappa shape index (κ2) is 7.53. The highest BCUT2D eigenvalue weighted by Gasteiger charge is 2.50. The van der Waals surface area contributed by atoms with Crippen LogP contribution in [0.4, 0.5) is 11.4 Å². The van der Waals surface area contributed by atoms with E-state index in [2.05, 4.69) is 0 Å². The Bertz CT molecular complexity index is 1060. The summed E-state index contributed by atoms with van der Waals surface area (Å²) in [7, 11) is 0. The molecule has 0 saturated heterocycles. The number of nitrogens with zero attached hydrogens (tertiary/aromatic N) is 1. The van der Waals surface area contributed by atoms with Crippen molar-refractivity contribution in [1.29, 1.82) is 0 Å². The lowest BCUT2D eigenvalue weighted by molar-refractivity contribution is -0.135. The Morgan fingerprint density at radius 1 is 0.966 bits per heavy atom. The number of hydrogen-bond acceptors (Lipinski definition) is 4. The van der Waals surface area contributed by atoms with Gasteiger partial charge in [0.1, 0.15) is 0 Å². The largest absolute Gasteiger partial charge is 0.399 e. The van der Waals surface area contributed by atoms with E-state index in [1.807, 2.05) is 36.4 Å². The number of amides is 1. The Balaban J connectivity index is 1.61. The van der Waals surface area contributed by atoms with Crippen molar-refractivity contribution in [3.63, 3.8) is 0 Å². The van der Waals surface area contributed by atoms with Crippen LogP contribution in [0.3, 0.4) is 0 Å². The normalized spacial score (nSPS) is 18.0. The van der Waals surface area contributed by atoms with Crippen LogP contribution in [0.2, 0.25) is 0 Å². The zero-order valence-electron chi connectivity index (χ0n) is 15.9. The van der Waals surface area contributed by atoms with Gasteiger partial charge in [0.25, 0.3) is 5.91 Å². The van der Waals surface area contributed by atoms with Crippen LogP contribution in [-0.2, 0) is 16.8 Å². The summed E-state index contributed by atoms with van der Waals surface area (Å²) in [4.78, 5) is 27.6. The summed E-state index contributed by atoms with van der Waals surface area (Å²) >= 11 is 0. The smallest absolute Gasteiger partial charge is 0.264 e. The van der Waals surface area contributed by atoms with Gasteiger partial charge in [0.05, 0.1) is 12.1 Å². The predicted molar refractivity (Wildman–Crippen MR) is 113 cm³/mol. The highest BCUT2D eigenvalue weighted by atomic mass is 16.3. The molecule has 1 amide bonds. The molecule has 146 valence electrons. The second-order valence-corrected chi connectivity index (χ2v) is 7.30. The van der Waals surface area contributed by atoms with E-state index in [4.69, 9.17) is 5.73 Å². The van der Waals surface area contributed by atoms with E-state index in [1.165, 1.54) is 0 Å². The Hall–Kier alpha value is -3.44. The Labute approximate surface area is 169 Å². The molecule has 0 radical (unpaired) electrons. The highest BCUT2D eigenvalue weighted by Crippen LogP contribution is 2.42. The number of aliphatic hydroxyl groups is 1. The minimum absolute atomic E-state index is 0.325. The van der Waals surface area contributed by atoms with E-state index in [0.29, 0.717) is 35.5 Å². The standard InChI is InChI=1S/C24H22N2O3/c25-19-10-6-9-18(15-19)22(27)16-24(29)20-11-4-5-12-21(20)26(23(24)28)14-13-17-7-2-1-3-8-17/h1-12,15,29H,13-14,16,25H2/t24-/m1/s1. The van der Waals surface area contributed by atoms with Gasteiger partial charge in [0.15, 0.2) is 11.4 Å². The monoisotopic (exact) mass is 386 g/mol. The van der Waals surface area contributed by atoms with Crippen molar-refractivity contribution in [2.45, 2.75) is 18.4 Å². The number of para-hydroxylation sites is 1. The molecule has 1 heterocycles. The quantitative estimate of drug-likeness (QED) is 0.503. The summed E-state index contributed by atoms with van der Waals surface area (Å²) in [6.45, 7) is 0.425. The number of carbonyl (C=O) groups excluding carboxylic acids is 2. The van der Waals surface area contributed by atoms with Crippen LogP contribution < -0.4 is 10.6 Å². The third-order valence-electron chi connectivity index (χ3n) is 5.33. The fourth-order valence-corrected chi connectivity index (χ4v) is 3.83. The lowest BCUT2D eigenvalue weighted by Gasteiger charge is -2.23. The maximum absolute atomic E-state index is 13.2. The van der Waals surface area contributed by atoms with Gasteiger partial charge >= 0.3 is 0 Å². The van der Waals surface area contributed by atoms with Crippen LogP contribution in [0.1, 0.15) is 27.9 Å². The van der Waals surface area contributed by atoms with Gasteiger partial charge in [-0.3, -0.25) is 9.59 Å². The zero-order valence-corrected chi connectivity index (χ0v) is 15.9. The number of carbonyl (C=O) groups is 2. The van der Waals surface area contributed by atoms with E-state index in [-0.39, 0.29) is 12.2 Å². The predicted octanol–water partition coefficient (Wildman–Crippen LogP) is 3.32. The topological polar surface area (TPSA) is 83.6 Å². The van der Waals surface area contributed by atoms with Gasteiger partial charge in [-0.25, -0.2) is 0 Å². The van der Waals surface area contributed by atoms with Crippen LogP contribution in [0.25, 0.3) is 0 Å². The fourth-order valence-electron chi connectivity index (χ4n) is 3.83. The number of ketones is 1. The molecule has 5 nitrogen and oxygen atoms in total. The van der Waals surface area contributed by atoms with Crippen molar-refractivity contribution in [2.24, 2.45) is 0 Å². The molecule has 3 N–H and O–H groups in total. The lowest BCUT2D eigenvalue weighted by Crippen LogP contribution is -2.42. The van der Waals surface area contributed by atoms with Crippen molar-refractivity contribution >= 4 is 23.1 Å². The first-order chi connectivity index (χ1) is 14.0. The Kier molecular flexibility index (Phi) is 4.91. The van der Waals surface area contributed by atoms with Gasteiger partial charge in [-0.05, 0) is 30.2 Å². The number of fused-ring (bicyclic) bond motifs is 1. The zero-order chi connectivity index (χ0) is 20.4. The Morgan fingerprint density at radius 3 is 2.45 bits per heavy atom. The molecule has 0 unspecified atom stereocenters.